The third-order valence-corrected chi connectivity index (χ3v) is 1.97. The van der Waals surface area contributed by atoms with Gasteiger partial charge in [-0.15, -0.1) is 0 Å². The Kier molecular flexibility index (Phi) is 6.41. The van der Waals surface area contributed by atoms with Crippen LogP contribution in [0.1, 0.15) is 11.4 Å². The van der Waals surface area contributed by atoms with E-state index in [-0.39, 0.29) is 26.2 Å². The molecular formula is C10H19N3OZr. The molecule has 0 unspecified atom stereocenters. The van der Waals surface area contributed by atoms with Crippen molar-refractivity contribution in [3.8, 4) is 0 Å². The van der Waals surface area contributed by atoms with Crippen LogP contribution in [0.15, 0.2) is 12.1 Å². The van der Waals surface area contributed by atoms with Gasteiger partial charge in [-0.1, -0.05) is 0 Å². The molecule has 0 saturated carbocycles. The summed E-state index contributed by atoms with van der Waals surface area (Å²) in [4.78, 5) is 4.06. The number of hydrogen-bond donors (Lipinski definition) is 1. The van der Waals surface area contributed by atoms with E-state index in [1.165, 1.54) is 4.73 Å². The molecule has 0 bridgehead atoms. The van der Waals surface area contributed by atoms with Crippen molar-refractivity contribution in [2.75, 3.05) is 28.2 Å². The molecule has 0 spiro atoms. The van der Waals surface area contributed by atoms with Crippen molar-refractivity contribution in [1.82, 2.24) is 14.5 Å². The van der Waals surface area contributed by atoms with E-state index >= 15 is 0 Å². The minimum atomic E-state index is 0. The van der Waals surface area contributed by atoms with Crippen LogP contribution in [0.2, 0.25) is 0 Å². The maximum Gasteiger partial charge on any atom is 0.0710 e. The molecule has 0 aliphatic heterocycles. The van der Waals surface area contributed by atoms with Gasteiger partial charge in [0, 0.05) is 39.3 Å². The third-order valence-electron chi connectivity index (χ3n) is 1.97. The maximum absolute atomic E-state index is 9.79. The first-order valence-corrected chi connectivity index (χ1v) is 4.69. The molecule has 0 fully saturated rings. The molecule has 4 nitrogen and oxygen atoms in total. The zero-order valence-corrected chi connectivity index (χ0v) is 12.3. The van der Waals surface area contributed by atoms with E-state index in [1.807, 2.05) is 50.1 Å². The zero-order valence-electron chi connectivity index (χ0n) is 9.86. The molecule has 1 rings (SSSR count). The number of aromatic nitrogens is 1. The Bertz CT molecular complexity index is 269. The van der Waals surface area contributed by atoms with Gasteiger partial charge >= 0.3 is 0 Å². The summed E-state index contributed by atoms with van der Waals surface area (Å²) in [6.07, 6.45) is 0. The van der Waals surface area contributed by atoms with Gasteiger partial charge in [0.2, 0.25) is 0 Å². The molecule has 84 valence electrons. The number of nitrogens with zero attached hydrogens (tertiary/aromatic N) is 3. The minimum absolute atomic E-state index is 0. The SMILES string of the molecule is CN(C)Cc1ccc(CN(C)C)n1O.[Zr]. The van der Waals surface area contributed by atoms with Crippen LogP contribution in [-0.2, 0) is 39.3 Å². The standard InChI is InChI=1S/C10H19N3O.Zr/c1-11(2)7-9-5-6-10(13(9)14)8-12(3)4;/h5-6,14H,7-8H2,1-4H3;. The fraction of sp³-hybridized carbons (Fsp3) is 0.600. The van der Waals surface area contributed by atoms with Crippen molar-refractivity contribution >= 4 is 0 Å². The summed E-state index contributed by atoms with van der Waals surface area (Å²) in [6.45, 7) is 1.51. The molecule has 0 amide bonds. The first kappa shape index (κ1) is 14.9. The van der Waals surface area contributed by atoms with Gasteiger partial charge in [-0.25, -0.2) is 0 Å². The molecule has 0 radical (unpaired) electrons. The molecule has 1 aromatic heterocycles. The van der Waals surface area contributed by atoms with Crippen LogP contribution in [0.25, 0.3) is 0 Å². The van der Waals surface area contributed by atoms with Crippen LogP contribution in [0, 0.1) is 0 Å². The van der Waals surface area contributed by atoms with Crippen LogP contribution in [0.3, 0.4) is 0 Å². The fourth-order valence-corrected chi connectivity index (χ4v) is 1.41. The fourth-order valence-electron chi connectivity index (χ4n) is 1.41. The summed E-state index contributed by atoms with van der Waals surface area (Å²) >= 11 is 0. The Morgan fingerprint density at radius 2 is 1.33 bits per heavy atom. The molecule has 0 aliphatic carbocycles. The van der Waals surface area contributed by atoms with E-state index in [0.717, 1.165) is 24.5 Å². The van der Waals surface area contributed by atoms with Gasteiger partial charge in [0.1, 0.15) is 0 Å². The molecule has 0 aromatic carbocycles. The smallest absolute Gasteiger partial charge is 0.0710 e. The van der Waals surface area contributed by atoms with E-state index in [2.05, 4.69) is 0 Å². The summed E-state index contributed by atoms with van der Waals surface area (Å²) in [6, 6.07) is 3.91. The van der Waals surface area contributed by atoms with Gasteiger partial charge < -0.3 is 15.0 Å². The molecule has 1 heterocycles. The van der Waals surface area contributed by atoms with Crippen LogP contribution >= 0.6 is 0 Å². The second kappa shape index (κ2) is 6.46. The van der Waals surface area contributed by atoms with Crippen LogP contribution in [-0.4, -0.2) is 47.9 Å². The van der Waals surface area contributed by atoms with Crippen molar-refractivity contribution in [2.24, 2.45) is 0 Å². The first-order valence-electron chi connectivity index (χ1n) is 4.69. The number of hydrogen-bond acceptors (Lipinski definition) is 3. The zero-order chi connectivity index (χ0) is 10.7. The maximum atomic E-state index is 9.79. The largest absolute Gasteiger partial charge is 0.428 e. The summed E-state index contributed by atoms with van der Waals surface area (Å²) in [5.74, 6) is 0. The van der Waals surface area contributed by atoms with Crippen molar-refractivity contribution < 1.29 is 31.4 Å². The molecule has 5 heteroatoms. The average molecular weight is 289 g/mol. The van der Waals surface area contributed by atoms with Crippen molar-refractivity contribution in [3.63, 3.8) is 0 Å². The van der Waals surface area contributed by atoms with E-state index in [9.17, 15) is 5.21 Å². The third kappa shape index (κ3) is 4.50. The van der Waals surface area contributed by atoms with E-state index in [0.29, 0.717) is 0 Å². The van der Waals surface area contributed by atoms with Gasteiger partial charge in [0.05, 0.1) is 11.4 Å². The average Bonchev–Trinajstić information content (AvgIpc) is 2.34. The predicted molar refractivity (Wildman–Crippen MR) is 56.4 cm³/mol. The second-order valence-electron chi connectivity index (χ2n) is 4.10. The van der Waals surface area contributed by atoms with Gasteiger partial charge in [0.25, 0.3) is 0 Å². The van der Waals surface area contributed by atoms with Gasteiger partial charge in [0.15, 0.2) is 0 Å². The van der Waals surface area contributed by atoms with Gasteiger partial charge in [-0.3, -0.25) is 0 Å². The Labute approximate surface area is 111 Å². The van der Waals surface area contributed by atoms with E-state index < -0.39 is 0 Å². The molecular weight excluding hydrogens is 269 g/mol. The molecule has 0 aliphatic rings. The number of rotatable bonds is 4. The van der Waals surface area contributed by atoms with E-state index in [4.69, 9.17) is 0 Å². The Morgan fingerprint density at radius 1 is 1.00 bits per heavy atom. The van der Waals surface area contributed by atoms with Crippen LogP contribution in [0.5, 0.6) is 0 Å². The second-order valence-corrected chi connectivity index (χ2v) is 4.10. The summed E-state index contributed by atoms with van der Waals surface area (Å²) < 4.78 is 1.28. The molecule has 15 heavy (non-hydrogen) atoms. The normalized spacial score (nSPS) is 10.8. The molecule has 1 aromatic rings. The van der Waals surface area contributed by atoms with Gasteiger partial charge in [-0.05, 0) is 40.3 Å². The van der Waals surface area contributed by atoms with Crippen molar-refractivity contribution in [1.29, 1.82) is 0 Å². The van der Waals surface area contributed by atoms with Gasteiger partial charge in [-0.2, -0.15) is 4.73 Å². The van der Waals surface area contributed by atoms with Crippen LogP contribution < -0.4 is 0 Å². The topological polar surface area (TPSA) is 31.6 Å². The predicted octanol–water partition coefficient (Wildman–Crippen LogP) is 0.846. The minimum Gasteiger partial charge on any atom is -0.428 e. The summed E-state index contributed by atoms with van der Waals surface area (Å²) in [7, 11) is 7.94. The van der Waals surface area contributed by atoms with E-state index in [1.54, 1.807) is 0 Å². The molecule has 0 atom stereocenters. The quantitative estimate of drug-likeness (QED) is 0.834. The molecule has 0 saturated heterocycles. The van der Waals surface area contributed by atoms with Crippen molar-refractivity contribution in [3.05, 3.63) is 23.5 Å². The Hall–Kier alpha value is -0.117. The Morgan fingerprint density at radius 3 is 1.60 bits per heavy atom. The summed E-state index contributed by atoms with van der Waals surface area (Å²) in [5, 5.41) is 9.79. The van der Waals surface area contributed by atoms with Crippen LogP contribution in [0.4, 0.5) is 0 Å². The first-order chi connectivity index (χ1) is 6.50. The monoisotopic (exact) mass is 287 g/mol. The molecule has 1 N–H and O–H groups in total. The summed E-state index contributed by atoms with van der Waals surface area (Å²) in [5.41, 5.74) is 1.85. The Balaban J connectivity index is 0.00000196. The van der Waals surface area contributed by atoms with Crippen molar-refractivity contribution in [2.45, 2.75) is 13.1 Å².